The quantitative estimate of drug-likeness (QED) is 0.695. The van der Waals surface area contributed by atoms with Crippen LogP contribution in [0.15, 0.2) is 6.20 Å². The van der Waals surface area contributed by atoms with E-state index in [1.807, 2.05) is 13.8 Å². The van der Waals surface area contributed by atoms with Gasteiger partial charge in [0.05, 0.1) is 17.8 Å². The molecule has 6 heteroatoms. The van der Waals surface area contributed by atoms with E-state index >= 15 is 0 Å². The van der Waals surface area contributed by atoms with Crippen LogP contribution in [0.5, 0.6) is 0 Å². The largest absolute Gasteiger partial charge is 0.354 e. The molecular formula is C12H19N5O. The van der Waals surface area contributed by atoms with Gasteiger partial charge >= 0.3 is 0 Å². The molecule has 1 aromatic rings. The number of hydrogen-bond donors (Lipinski definition) is 3. The van der Waals surface area contributed by atoms with Crippen molar-refractivity contribution in [3.8, 4) is 0 Å². The lowest BCUT2D eigenvalue weighted by Crippen LogP contribution is -2.56. The van der Waals surface area contributed by atoms with E-state index in [1.165, 1.54) is 0 Å². The van der Waals surface area contributed by atoms with Gasteiger partial charge in [-0.2, -0.15) is 0 Å². The van der Waals surface area contributed by atoms with Gasteiger partial charge in [-0.1, -0.05) is 13.8 Å². The number of fused-ring (bicyclic) bond motifs is 1. The predicted molar refractivity (Wildman–Crippen MR) is 68.2 cm³/mol. The van der Waals surface area contributed by atoms with Gasteiger partial charge < -0.3 is 15.2 Å². The maximum Gasteiger partial charge on any atom is 0.237 e. The first kappa shape index (κ1) is 11.5. The number of nitrogens with zero attached hydrogens (tertiary/aromatic N) is 2. The van der Waals surface area contributed by atoms with Gasteiger partial charge in [-0.05, 0) is 5.92 Å². The van der Waals surface area contributed by atoms with E-state index < -0.39 is 0 Å². The van der Waals surface area contributed by atoms with Crippen LogP contribution in [0.1, 0.15) is 25.6 Å². The summed E-state index contributed by atoms with van der Waals surface area (Å²) in [6, 6.07) is -0.0248. The summed E-state index contributed by atoms with van der Waals surface area (Å²) in [6.45, 7) is 6.63. The maximum atomic E-state index is 11.7. The van der Waals surface area contributed by atoms with Gasteiger partial charge in [0.25, 0.3) is 0 Å². The molecule has 0 saturated carbocycles. The van der Waals surface area contributed by atoms with Crippen molar-refractivity contribution in [1.82, 2.24) is 20.2 Å². The number of carbonyl (C=O) groups is 1. The van der Waals surface area contributed by atoms with Crippen LogP contribution in [0.4, 0.5) is 5.95 Å². The van der Waals surface area contributed by atoms with Gasteiger partial charge in [-0.3, -0.25) is 10.1 Å². The molecule has 1 saturated heterocycles. The van der Waals surface area contributed by atoms with Crippen molar-refractivity contribution in [3.05, 3.63) is 11.9 Å². The average molecular weight is 249 g/mol. The second kappa shape index (κ2) is 4.28. The number of hydrogen-bond acceptors (Lipinski definition) is 4. The lowest BCUT2D eigenvalue weighted by Gasteiger charge is -2.32. The van der Waals surface area contributed by atoms with E-state index in [4.69, 9.17) is 0 Å². The molecule has 0 spiro atoms. The Morgan fingerprint density at radius 1 is 1.44 bits per heavy atom. The van der Waals surface area contributed by atoms with Crippen LogP contribution in [0.25, 0.3) is 0 Å². The lowest BCUT2D eigenvalue weighted by molar-refractivity contribution is -0.126. The van der Waals surface area contributed by atoms with Crippen LogP contribution in [0, 0.1) is 5.92 Å². The smallest absolute Gasteiger partial charge is 0.237 e. The monoisotopic (exact) mass is 249 g/mol. The molecule has 3 N–H and O–H groups in total. The van der Waals surface area contributed by atoms with Crippen molar-refractivity contribution in [2.24, 2.45) is 5.92 Å². The van der Waals surface area contributed by atoms with Gasteiger partial charge in [-0.25, -0.2) is 4.98 Å². The fourth-order valence-corrected chi connectivity index (χ4v) is 2.55. The summed E-state index contributed by atoms with van der Waals surface area (Å²) in [7, 11) is 0. The minimum absolute atomic E-state index is 0.0890. The molecule has 2 aliphatic heterocycles. The van der Waals surface area contributed by atoms with E-state index in [1.54, 1.807) is 0 Å². The second-order valence-electron chi connectivity index (χ2n) is 5.30. The zero-order valence-corrected chi connectivity index (χ0v) is 10.7. The normalized spacial score (nSPS) is 26.9. The molecule has 0 bridgehead atoms. The standard InChI is InChI=1S/C12H19N5O/c1-7(2)10-11(18)14-5-8(15-10)9-6-17-4-3-13-12(17)16-9/h6-8,10,15H,3-5H2,1-2H3,(H,13,16)(H,14,18)/t8?,10-/m0/s1. The first-order valence-electron chi connectivity index (χ1n) is 6.50. The molecule has 2 aliphatic rings. The van der Waals surface area contributed by atoms with Crippen LogP contribution in [0.2, 0.25) is 0 Å². The molecule has 6 nitrogen and oxygen atoms in total. The summed E-state index contributed by atoms with van der Waals surface area (Å²) in [6.07, 6.45) is 2.07. The first-order chi connectivity index (χ1) is 8.65. The van der Waals surface area contributed by atoms with E-state index in [9.17, 15) is 4.79 Å². The highest BCUT2D eigenvalue weighted by Gasteiger charge is 2.32. The number of anilines is 1. The third-order valence-electron chi connectivity index (χ3n) is 3.60. The summed E-state index contributed by atoms with van der Waals surface area (Å²) in [5.74, 6) is 1.30. The summed E-state index contributed by atoms with van der Waals surface area (Å²) in [5, 5.41) is 9.59. The van der Waals surface area contributed by atoms with Crippen molar-refractivity contribution in [3.63, 3.8) is 0 Å². The predicted octanol–water partition coefficient (Wildman–Crippen LogP) is 0.0937. The van der Waals surface area contributed by atoms with Crippen molar-refractivity contribution in [2.45, 2.75) is 32.5 Å². The van der Waals surface area contributed by atoms with Gasteiger partial charge in [0, 0.05) is 25.8 Å². The van der Waals surface area contributed by atoms with E-state index in [2.05, 4.69) is 31.7 Å². The minimum Gasteiger partial charge on any atom is -0.354 e. The molecule has 98 valence electrons. The minimum atomic E-state index is -0.131. The molecule has 3 rings (SSSR count). The highest BCUT2D eigenvalue weighted by Crippen LogP contribution is 2.21. The van der Waals surface area contributed by atoms with Crippen LogP contribution in [-0.2, 0) is 11.3 Å². The molecule has 3 heterocycles. The summed E-state index contributed by atoms with van der Waals surface area (Å²) >= 11 is 0. The number of nitrogens with one attached hydrogen (secondary N) is 3. The number of imidazole rings is 1. The molecule has 0 aliphatic carbocycles. The Hall–Kier alpha value is -1.56. The Kier molecular flexibility index (Phi) is 2.74. The highest BCUT2D eigenvalue weighted by molar-refractivity contribution is 5.82. The fourth-order valence-electron chi connectivity index (χ4n) is 2.55. The van der Waals surface area contributed by atoms with Crippen molar-refractivity contribution < 1.29 is 4.79 Å². The highest BCUT2D eigenvalue weighted by atomic mass is 16.2. The van der Waals surface area contributed by atoms with E-state index in [-0.39, 0.29) is 23.9 Å². The van der Waals surface area contributed by atoms with Crippen LogP contribution < -0.4 is 16.0 Å². The number of aromatic nitrogens is 2. The molecule has 1 aromatic heterocycles. The van der Waals surface area contributed by atoms with Crippen molar-refractivity contribution in [2.75, 3.05) is 18.4 Å². The van der Waals surface area contributed by atoms with Crippen LogP contribution in [0.3, 0.4) is 0 Å². The Morgan fingerprint density at radius 3 is 3.00 bits per heavy atom. The summed E-state index contributed by atoms with van der Waals surface area (Å²) < 4.78 is 2.12. The zero-order chi connectivity index (χ0) is 12.7. The molecule has 1 unspecified atom stereocenters. The first-order valence-corrected chi connectivity index (χ1v) is 6.50. The Labute approximate surface area is 106 Å². The van der Waals surface area contributed by atoms with E-state index in [0.29, 0.717) is 6.54 Å². The lowest BCUT2D eigenvalue weighted by atomic mass is 9.99. The maximum absolute atomic E-state index is 11.7. The van der Waals surface area contributed by atoms with Crippen LogP contribution in [-0.4, -0.2) is 34.6 Å². The number of rotatable bonds is 2. The Bertz CT molecular complexity index is 446. The van der Waals surface area contributed by atoms with Gasteiger partial charge in [-0.15, -0.1) is 0 Å². The van der Waals surface area contributed by atoms with Gasteiger partial charge in [0.1, 0.15) is 0 Å². The number of piperazine rings is 1. The summed E-state index contributed by atoms with van der Waals surface area (Å²) in [4.78, 5) is 16.3. The van der Waals surface area contributed by atoms with Gasteiger partial charge in [0.15, 0.2) is 0 Å². The zero-order valence-electron chi connectivity index (χ0n) is 10.7. The third-order valence-corrected chi connectivity index (χ3v) is 3.60. The average Bonchev–Trinajstić information content (AvgIpc) is 2.89. The Balaban J connectivity index is 1.78. The van der Waals surface area contributed by atoms with Crippen molar-refractivity contribution >= 4 is 11.9 Å². The number of amides is 1. The molecule has 18 heavy (non-hydrogen) atoms. The van der Waals surface area contributed by atoms with Crippen molar-refractivity contribution in [1.29, 1.82) is 0 Å². The topological polar surface area (TPSA) is 71.0 Å². The molecular weight excluding hydrogens is 230 g/mol. The second-order valence-corrected chi connectivity index (χ2v) is 5.30. The molecule has 1 fully saturated rings. The van der Waals surface area contributed by atoms with Crippen LogP contribution >= 0.6 is 0 Å². The fraction of sp³-hybridized carbons (Fsp3) is 0.667. The summed E-state index contributed by atoms with van der Waals surface area (Å²) in [5.41, 5.74) is 1.00. The molecule has 1 amide bonds. The van der Waals surface area contributed by atoms with E-state index in [0.717, 1.165) is 24.7 Å². The molecule has 2 atom stereocenters. The molecule has 0 radical (unpaired) electrons. The Morgan fingerprint density at radius 2 is 2.28 bits per heavy atom. The SMILES string of the molecule is CC(C)[C@@H]1NC(c2cn3c(n2)NCC3)CNC1=O. The van der Waals surface area contributed by atoms with Gasteiger partial charge in [0.2, 0.25) is 11.9 Å². The third kappa shape index (κ3) is 1.86. The number of carbonyl (C=O) groups excluding carboxylic acids is 1. The molecule has 0 aromatic carbocycles.